The van der Waals surface area contributed by atoms with Crippen molar-refractivity contribution < 1.29 is 4.79 Å². The van der Waals surface area contributed by atoms with Crippen LogP contribution in [0.3, 0.4) is 0 Å². The van der Waals surface area contributed by atoms with E-state index in [-0.39, 0.29) is 5.91 Å². The number of carbonyl (C=O) groups is 1. The number of aryl methyl sites for hydroxylation is 3. The number of para-hydroxylation sites is 1. The number of aromatic nitrogens is 3. The van der Waals surface area contributed by atoms with Gasteiger partial charge in [-0.2, -0.15) is 0 Å². The highest BCUT2D eigenvalue weighted by molar-refractivity contribution is 5.97. The minimum Gasteiger partial charge on any atom is -0.350 e. The fourth-order valence-electron chi connectivity index (χ4n) is 3.22. The Kier molecular flexibility index (Phi) is 3.92. The maximum absolute atomic E-state index is 12.6. The number of nitrogens with one attached hydrogen (secondary N) is 1. The third kappa shape index (κ3) is 2.81. The Morgan fingerprint density at radius 1 is 1.04 bits per heavy atom. The molecule has 1 N–H and O–H groups in total. The maximum atomic E-state index is 12.6. The van der Waals surface area contributed by atoms with E-state index in [1.54, 1.807) is 12.1 Å². The van der Waals surface area contributed by atoms with Crippen LogP contribution in [0.5, 0.6) is 0 Å². The van der Waals surface area contributed by atoms with Crippen LogP contribution in [0.2, 0.25) is 0 Å². The van der Waals surface area contributed by atoms with Gasteiger partial charge in [0.1, 0.15) is 0 Å². The monoisotopic (exact) mass is 344 g/mol. The molecule has 26 heavy (non-hydrogen) atoms. The second kappa shape index (κ2) is 6.26. The van der Waals surface area contributed by atoms with E-state index in [4.69, 9.17) is 0 Å². The number of rotatable bonds is 3. The molecule has 1 amide bonds. The molecule has 0 fully saturated rings. The van der Waals surface area contributed by atoms with Crippen LogP contribution in [0.1, 0.15) is 27.3 Å². The van der Waals surface area contributed by atoms with E-state index < -0.39 is 0 Å². The van der Waals surface area contributed by atoms with Crippen molar-refractivity contribution in [3.8, 4) is 0 Å². The van der Waals surface area contributed by atoms with Crippen molar-refractivity contribution in [2.24, 2.45) is 7.05 Å². The molecule has 5 nitrogen and oxygen atoms in total. The molecule has 0 saturated carbocycles. The minimum atomic E-state index is -0.111. The summed E-state index contributed by atoms with van der Waals surface area (Å²) in [6.45, 7) is 4.35. The Bertz CT molecular complexity index is 1140. The molecule has 0 radical (unpaired) electrons. The van der Waals surface area contributed by atoms with E-state index in [9.17, 15) is 4.79 Å². The van der Waals surface area contributed by atoms with Crippen molar-refractivity contribution in [3.05, 3.63) is 71.2 Å². The van der Waals surface area contributed by atoms with Gasteiger partial charge in [0, 0.05) is 36.3 Å². The summed E-state index contributed by atoms with van der Waals surface area (Å²) < 4.78 is 2.08. The lowest BCUT2D eigenvalue weighted by Crippen LogP contribution is -2.22. The number of hydrogen-bond donors (Lipinski definition) is 1. The van der Waals surface area contributed by atoms with Crippen LogP contribution >= 0.6 is 0 Å². The van der Waals surface area contributed by atoms with Crippen LogP contribution in [0.15, 0.2) is 48.7 Å². The predicted molar refractivity (Wildman–Crippen MR) is 103 cm³/mol. The lowest BCUT2D eigenvalue weighted by atomic mass is 10.1. The third-order valence-electron chi connectivity index (χ3n) is 4.76. The van der Waals surface area contributed by atoms with Crippen LogP contribution in [0.25, 0.3) is 21.9 Å². The van der Waals surface area contributed by atoms with Gasteiger partial charge in [-0.3, -0.25) is 4.79 Å². The molecule has 0 bridgehead atoms. The first kappa shape index (κ1) is 16.3. The summed E-state index contributed by atoms with van der Waals surface area (Å²) in [4.78, 5) is 21.6. The molecule has 5 heteroatoms. The third-order valence-corrected chi connectivity index (χ3v) is 4.76. The lowest BCUT2D eigenvalue weighted by Gasteiger charge is -2.07. The van der Waals surface area contributed by atoms with Crippen LogP contribution in [0.4, 0.5) is 0 Å². The Morgan fingerprint density at radius 3 is 2.58 bits per heavy atom. The predicted octanol–water partition coefficient (Wildman–Crippen LogP) is 3.67. The summed E-state index contributed by atoms with van der Waals surface area (Å²) >= 11 is 0. The quantitative estimate of drug-likeness (QED) is 0.617. The van der Waals surface area contributed by atoms with Gasteiger partial charge in [-0.05, 0) is 43.7 Å². The number of fused-ring (bicyclic) bond motifs is 2. The van der Waals surface area contributed by atoms with Crippen molar-refractivity contribution in [2.45, 2.75) is 20.4 Å². The van der Waals surface area contributed by atoms with Crippen LogP contribution < -0.4 is 5.32 Å². The number of hydrogen-bond acceptors (Lipinski definition) is 3. The lowest BCUT2D eigenvalue weighted by molar-refractivity contribution is 0.0951. The number of benzene rings is 2. The zero-order chi connectivity index (χ0) is 18.3. The highest BCUT2D eigenvalue weighted by Crippen LogP contribution is 2.20. The Labute approximate surface area is 151 Å². The maximum Gasteiger partial charge on any atom is 0.251 e. The highest BCUT2D eigenvalue weighted by atomic mass is 16.1. The summed E-state index contributed by atoms with van der Waals surface area (Å²) in [5.74, 6) is -0.111. The van der Waals surface area contributed by atoms with Crippen molar-refractivity contribution in [2.75, 3.05) is 0 Å². The van der Waals surface area contributed by atoms with E-state index in [0.29, 0.717) is 12.1 Å². The number of nitrogens with zero attached hydrogens (tertiary/aromatic N) is 3. The zero-order valence-electron chi connectivity index (χ0n) is 15.1. The molecule has 4 aromatic rings. The molecule has 0 aliphatic carbocycles. The average Bonchev–Trinajstić information content (AvgIpc) is 2.96. The summed E-state index contributed by atoms with van der Waals surface area (Å²) in [5.41, 5.74) is 6.18. The standard InChI is InChI=1S/C21H20N4O/c1-13-14(2)24-19-10-15(8-9-18(19)23-13)21(26)22-11-16-12-25(3)20-7-5-4-6-17(16)20/h4-10,12H,11H2,1-3H3,(H,22,26). The van der Waals surface area contributed by atoms with Gasteiger partial charge < -0.3 is 9.88 Å². The first-order chi connectivity index (χ1) is 12.5. The fourth-order valence-corrected chi connectivity index (χ4v) is 3.22. The van der Waals surface area contributed by atoms with Crippen LogP contribution in [-0.2, 0) is 13.6 Å². The van der Waals surface area contributed by atoms with Gasteiger partial charge in [0.25, 0.3) is 5.91 Å². The van der Waals surface area contributed by atoms with Crippen LogP contribution in [0, 0.1) is 13.8 Å². The zero-order valence-corrected chi connectivity index (χ0v) is 15.1. The molecule has 2 aromatic carbocycles. The second-order valence-electron chi connectivity index (χ2n) is 6.56. The van der Waals surface area contributed by atoms with E-state index in [1.165, 1.54) is 0 Å². The molecule has 130 valence electrons. The van der Waals surface area contributed by atoms with E-state index in [2.05, 4.69) is 38.2 Å². The van der Waals surface area contributed by atoms with Gasteiger partial charge >= 0.3 is 0 Å². The van der Waals surface area contributed by atoms with Gasteiger partial charge in [0.2, 0.25) is 0 Å². The highest BCUT2D eigenvalue weighted by Gasteiger charge is 2.11. The number of amides is 1. The summed E-state index contributed by atoms with van der Waals surface area (Å²) in [6, 6.07) is 13.6. The van der Waals surface area contributed by atoms with Crippen molar-refractivity contribution in [1.82, 2.24) is 19.9 Å². The molecule has 2 aromatic heterocycles. The molecule has 0 unspecified atom stereocenters. The normalized spacial score (nSPS) is 11.2. The number of carbonyl (C=O) groups excluding carboxylic acids is 1. The molecular formula is C21H20N4O. The molecule has 4 rings (SSSR count). The van der Waals surface area contributed by atoms with E-state index in [0.717, 1.165) is 38.9 Å². The smallest absolute Gasteiger partial charge is 0.251 e. The van der Waals surface area contributed by atoms with Gasteiger partial charge in [0.15, 0.2) is 0 Å². The Balaban J connectivity index is 1.58. The summed E-state index contributed by atoms with van der Waals surface area (Å²) in [6.07, 6.45) is 2.06. The largest absolute Gasteiger partial charge is 0.350 e. The van der Waals surface area contributed by atoms with Gasteiger partial charge in [-0.25, -0.2) is 9.97 Å². The second-order valence-corrected chi connectivity index (χ2v) is 6.56. The van der Waals surface area contributed by atoms with Gasteiger partial charge in [-0.1, -0.05) is 18.2 Å². The molecule has 2 heterocycles. The molecular weight excluding hydrogens is 324 g/mol. The van der Waals surface area contributed by atoms with E-state index >= 15 is 0 Å². The first-order valence-electron chi connectivity index (χ1n) is 8.59. The Hall–Kier alpha value is -3.21. The molecule has 0 spiro atoms. The first-order valence-corrected chi connectivity index (χ1v) is 8.59. The molecule has 0 atom stereocenters. The minimum absolute atomic E-state index is 0.111. The van der Waals surface area contributed by atoms with Crippen molar-refractivity contribution >= 4 is 27.8 Å². The molecule has 0 saturated heterocycles. The van der Waals surface area contributed by atoms with E-state index in [1.807, 2.05) is 39.1 Å². The topological polar surface area (TPSA) is 59.8 Å². The average molecular weight is 344 g/mol. The summed E-state index contributed by atoms with van der Waals surface area (Å²) in [5, 5.41) is 4.17. The Morgan fingerprint density at radius 2 is 1.77 bits per heavy atom. The van der Waals surface area contributed by atoms with Crippen LogP contribution in [-0.4, -0.2) is 20.4 Å². The SMILES string of the molecule is Cc1nc2ccc(C(=O)NCc3cn(C)c4ccccc34)cc2nc1C. The van der Waals surface area contributed by atoms with Gasteiger partial charge in [-0.15, -0.1) is 0 Å². The van der Waals surface area contributed by atoms with Crippen molar-refractivity contribution in [3.63, 3.8) is 0 Å². The molecule has 0 aliphatic rings. The van der Waals surface area contributed by atoms with Gasteiger partial charge in [0.05, 0.1) is 22.4 Å². The van der Waals surface area contributed by atoms with Crippen molar-refractivity contribution in [1.29, 1.82) is 0 Å². The molecule has 0 aliphatic heterocycles. The fraction of sp³-hybridized carbons (Fsp3) is 0.190. The summed E-state index contributed by atoms with van der Waals surface area (Å²) in [7, 11) is 2.01.